The lowest BCUT2D eigenvalue weighted by Gasteiger charge is -2.67. The fraction of sp³-hybridized carbons (Fsp3) is 0.686. The first-order chi connectivity index (χ1) is 42.6. The maximum absolute atomic E-state index is 15.5. The van der Waals surface area contributed by atoms with Gasteiger partial charge in [-0.25, -0.2) is 14.4 Å². The minimum Gasteiger partial charge on any atom is -0.457 e. The maximum atomic E-state index is 15.5. The summed E-state index contributed by atoms with van der Waals surface area (Å²) in [5, 5.41) is 16.2. The van der Waals surface area contributed by atoms with Crippen LogP contribution < -0.4 is 5.32 Å². The predicted molar refractivity (Wildman–Crippen MR) is 329 cm³/mol. The molecule has 3 heterocycles. The largest absolute Gasteiger partial charge is 0.509 e. The van der Waals surface area contributed by atoms with E-state index in [1.54, 1.807) is 67.6 Å². The highest BCUT2D eigenvalue weighted by Crippen LogP contribution is 2.70. The number of benzene rings is 2. The molecule has 5 fully saturated rings. The predicted octanol–water partition coefficient (Wildman–Crippen LogP) is 11.9. The molecule has 0 bridgehead atoms. The van der Waals surface area contributed by atoms with Gasteiger partial charge in [-0.15, -0.1) is 0 Å². The fourth-order valence-corrected chi connectivity index (χ4v) is 15.0. The van der Waals surface area contributed by atoms with Crippen molar-refractivity contribution >= 4 is 35.9 Å². The number of carbonyl (C=O) groups excluding carboxylic acids is 6. The Hall–Kier alpha value is -5.70. The second-order valence-corrected chi connectivity index (χ2v) is 26.6. The molecule has 3 aliphatic heterocycles. The Kier molecular flexibility index (Phi) is 24.2. The zero-order valence-corrected chi connectivity index (χ0v) is 54.0. The highest BCUT2D eigenvalue weighted by Gasteiger charge is 2.81. The topological polar surface area (TPSA) is 236 Å². The zero-order chi connectivity index (χ0) is 64.1. The molecular weight excluding hydrogens is 1140 g/mol. The van der Waals surface area contributed by atoms with Crippen molar-refractivity contribution in [2.24, 2.45) is 22.7 Å². The number of hydrogen-bond donors (Lipinski definition) is 2. The van der Waals surface area contributed by atoms with Crippen LogP contribution >= 0.6 is 0 Å². The Balaban J connectivity index is 1.06. The summed E-state index contributed by atoms with van der Waals surface area (Å²) in [6, 6.07) is 15.4. The molecular formula is C70H99NO18. The van der Waals surface area contributed by atoms with Gasteiger partial charge in [-0.05, 0) is 87.4 Å². The Morgan fingerprint density at radius 2 is 1.38 bits per heavy atom. The molecule has 2 aromatic carbocycles. The normalized spacial score (nSPS) is 30.1. The van der Waals surface area contributed by atoms with Gasteiger partial charge in [0.2, 0.25) is 6.10 Å². The van der Waals surface area contributed by atoms with Gasteiger partial charge in [-0.1, -0.05) is 161 Å². The first-order valence-corrected chi connectivity index (χ1v) is 32.9. The van der Waals surface area contributed by atoms with Gasteiger partial charge in [0, 0.05) is 37.7 Å². The van der Waals surface area contributed by atoms with E-state index in [-0.39, 0.29) is 67.3 Å². The molecule has 19 heteroatoms. The van der Waals surface area contributed by atoms with Crippen LogP contribution in [0.2, 0.25) is 0 Å². The van der Waals surface area contributed by atoms with Crippen molar-refractivity contribution in [2.75, 3.05) is 19.8 Å². The Labute approximate surface area is 526 Å². The van der Waals surface area contributed by atoms with E-state index in [0.29, 0.717) is 6.42 Å². The van der Waals surface area contributed by atoms with E-state index >= 15 is 4.79 Å². The Bertz CT molecular complexity index is 2750. The summed E-state index contributed by atoms with van der Waals surface area (Å²) in [7, 11) is 0. The third-order valence-electron chi connectivity index (χ3n) is 19.4. The number of hydrogen-bond acceptors (Lipinski definition) is 18. The monoisotopic (exact) mass is 1240 g/mol. The molecule has 8 rings (SSSR count). The molecule has 2 saturated carbocycles. The average molecular weight is 1240 g/mol. The van der Waals surface area contributed by atoms with Crippen molar-refractivity contribution in [3.8, 4) is 0 Å². The highest BCUT2D eigenvalue weighted by molar-refractivity contribution is 5.95. The van der Waals surface area contributed by atoms with Crippen molar-refractivity contribution in [3.63, 3.8) is 0 Å². The average Bonchev–Trinajstić information content (AvgIpc) is 1.59. The van der Waals surface area contributed by atoms with E-state index in [9.17, 15) is 29.1 Å². The van der Waals surface area contributed by atoms with Crippen molar-refractivity contribution < 1.29 is 86.0 Å². The van der Waals surface area contributed by atoms with Gasteiger partial charge < -0.3 is 62.5 Å². The van der Waals surface area contributed by atoms with Gasteiger partial charge in [0.1, 0.15) is 37.1 Å². The van der Waals surface area contributed by atoms with Crippen LogP contribution in [0.5, 0.6) is 0 Å². The number of carbonyl (C=O) groups is 6. The van der Waals surface area contributed by atoms with E-state index in [1.807, 2.05) is 20.8 Å². The minimum absolute atomic E-state index is 0.116. The first kappa shape index (κ1) is 69.2. The van der Waals surface area contributed by atoms with E-state index in [4.69, 9.17) is 52.1 Å². The molecule has 3 saturated heterocycles. The molecule has 89 heavy (non-hydrogen) atoms. The summed E-state index contributed by atoms with van der Waals surface area (Å²) in [5.41, 5.74) is -5.88. The standard InChI is InChI=1S/C70H99NO18/c1-11-13-14-15-16-17-18-19-20-21-22-23-24-25-32-37-56-79-41-50(83-56)42-80-66(77)87-58(51(38-44(3)4)71-63(74)48-33-28-26-29-34-48)65(76)84-52-40-69(67(8,9)78)57(45(52)5)59(82-46(6)72)61-68(10)53(85-55(12-2)86-61)39-54-70(43-81-54,89-47(7)73)60(68)62(69)88-64(75)49-35-30-27-31-36-49/h12,26-31,33-36,44,50-56,58-62,78H,2,11,13-25,32,37-43H2,1,3-10H3,(H,71,74)/t50?,51-,52-,53-,54+,55-,56?,58+,59+,60-,61-,62-,68+,69-,70-/m0/s1. The summed E-state index contributed by atoms with van der Waals surface area (Å²) >= 11 is 0. The van der Waals surface area contributed by atoms with Crippen molar-refractivity contribution in [2.45, 2.75) is 263 Å². The highest BCUT2D eigenvalue weighted by atomic mass is 16.8. The summed E-state index contributed by atoms with van der Waals surface area (Å²) in [4.78, 5) is 85.9. The van der Waals surface area contributed by atoms with Gasteiger partial charge in [0.25, 0.3) is 5.91 Å². The van der Waals surface area contributed by atoms with E-state index in [2.05, 4.69) is 18.8 Å². The molecule has 15 atom stereocenters. The number of nitrogens with one attached hydrogen (secondary N) is 1. The first-order valence-electron chi connectivity index (χ1n) is 32.9. The molecule has 2 aromatic rings. The lowest BCUT2D eigenvalue weighted by molar-refractivity contribution is -0.392. The molecule has 3 aliphatic carbocycles. The van der Waals surface area contributed by atoms with Crippen LogP contribution in [0.15, 0.2) is 84.5 Å². The zero-order valence-electron chi connectivity index (χ0n) is 54.0. The fourth-order valence-electron chi connectivity index (χ4n) is 15.0. The van der Waals surface area contributed by atoms with Crippen LogP contribution in [-0.2, 0) is 66.5 Å². The summed E-state index contributed by atoms with van der Waals surface area (Å²) in [5.74, 6) is -5.19. The molecule has 0 radical (unpaired) electrons. The van der Waals surface area contributed by atoms with Gasteiger partial charge in [0.15, 0.2) is 24.3 Å². The van der Waals surface area contributed by atoms with Gasteiger partial charge in [0.05, 0.1) is 47.9 Å². The van der Waals surface area contributed by atoms with Gasteiger partial charge >= 0.3 is 30.0 Å². The van der Waals surface area contributed by atoms with Crippen LogP contribution in [0.1, 0.15) is 205 Å². The lowest BCUT2D eigenvalue weighted by atomic mass is 9.49. The number of esters is 4. The van der Waals surface area contributed by atoms with Crippen molar-refractivity contribution in [1.82, 2.24) is 5.32 Å². The smallest absolute Gasteiger partial charge is 0.457 e. The molecule has 492 valence electrons. The van der Waals surface area contributed by atoms with Crippen molar-refractivity contribution in [1.29, 1.82) is 0 Å². The number of fused-ring (bicyclic) bond motifs is 3. The second-order valence-electron chi connectivity index (χ2n) is 26.6. The van der Waals surface area contributed by atoms with Crippen molar-refractivity contribution in [3.05, 3.63) is 95.6 Å². The number of unbranched alkanes of at least 4 members (excludes halogenated alkanes) is 14. The van der Waals surface area contributed by atoms with Crippen LogP contribution in [0.4, 0.5) is 4.79 Å². The van der Waals surface area contributed by atoms with Crippen LogP contribution in [0, 0.1) is 22.7 Å². The SMILES string of the molecule is C=C[C@H]1O[C@H]2C[C@H]3OC[C@@]3(OC(C)=O)[C@H]3[C@H](OC(=O)c4ccccc4)[C@]4(C(C)(C)O)C[C@H](OC(=O)[C@H](OC(=O)OCC5COC(CCCCCCCCCCCCCCCCC)O5)[C@H](CC(C)C)NC(=O)c5ccccc5)C(C)=C4[C@@H](OC(C)=O)[C@H](O1)[C@]23C. The van der Waals surface area contributed by atoms with E-state index < -0.39 is 131 Å². The maximum Gasteiger partial charge on any atom is 0.509 e. The summed E-state index contributed by atoms with van der Waals surface area (Å²) < 4.78 is 70.0. The van der Waals surface area contributed by atoms with E-state index in [0.717, 1.165) is 19.3 Å². The molecule has 0 spiro atoms. The third-order valence-corrected chi connectivity index (χ3v) is 19.4. The van der Waals surface area contributed by atoms with Gasteiger partial charge in [-0.3, -0.25) is 14.4 Å². The number of ether oxygens (including phenoxy) is 11. The Morgan fingerprint density at radius 3 is 1.93 bits per heavy atom. The molecule has 19 nitrogen and oxygen atoms in total. The van der Waals surface area contributed by atoms with Crippen LogP contribution in [0.3, 0.4) is 0 Å². The minimum atomic E-state index is -1.99. The molecule has 2 unspecified atom stereocenters. The third kappa shape index (κ3) is 16.0. The molecule has 1 amide bonds. The Morgan fingerprint density at radius 1 is 0.775 bits per heavy atom. The lowest BCUT2D eigenvalue weighted by Crippen LogP contribution is -2.80. The van der Waals surface area contributed by atoms with Gasteiger partial charge in [-0.2, -0.15) is 0 Å². The van der Waals surface area contributed by atoms with E-state index in [1.165, 1.54) is 111 Å². The summed E-state index contributed by atoms with van der Waals surface area (Å²) in [6.07, 6.45) is 8.64. The number of amides is 1. The molecule has 2 N–H and O–H groups in total. The number of aliphatic hydroxyl groups is 1. The summed E-state index contributed by atoms with van der Waals surface area (Å²) in [6.45, 7) is 18.8. The van der Waals surface area contributed by atoms with Crippen LogP contribution in [-0.4, -0.2) is 140 Å². The number of rotatable bonds is 32. The quantitative estimate of drug-likeness (QED) is 0.0300. The van der Waals surface area contributed by atoms with Crippen LogP contribution in [0.25, 0.3) is 0 Å². The molecule has 0 aromatic heterocycles. The second kappa shape index (κ2) is 31.1. The molecule has 6 aliphatic rings.